The van der Waals surface area contributed by atoms with Crippen LogP contribution in [0.15, 0.2) is 64.2 Å². The van der Waals surface area contributed by atoms with Crippen molar-refractivity contribution in [2.45, 2.75) is 45.8 Å². The smallest absolute Gasteiger partial charge is 0.332 e. The standard InChI is InChI=1S/C22H25N3O3/c1-4-15(3)23-20(26)19(16-11-7-6-8-12-16)25-18-14-10-9-13-17(18)21(27)24(5-2)22(25)28/h6-15,19H,4-5H2,1-3H3,(H,23,26)/t15-,19+/m1/s1. The predicted octanol–water partition coefficient (Wildman–Crippen LogP) is 2.69. The minimum absolute atomic E-state index is 0.0299. The molecule has 0 aliphatic rings. The maximum Gasteiger partial charge on any atom is 0.332 e. The molecular formula is C22H25N3O3. The van der Waals surface area contributed by atoms with Gasteiger partial charge in [0.05, 0.1) is 10.9 Å². The average Bonchev–Trinajstić information content (AvgIpc) is 2.72. The van der Waals surface area contributed by atoms with Gasteiger partial charge in [-0.3, -0.25) is 18.7 Å². The van der Waals surface area contributed by atoms with Gasteiger partial charge in [0, 0.05) is 12.6 Å². The Balaban J connectivity index is 2.35. The second-order valence-electron chi connectivity index (χ2n) is 6.85. The van der Waals surface area contributed by atoms with Gasteiger partial charge in [0.2, 0.25) is 5.91 Å². The molecule has 0 fully saturated rings. The molecular weight excluding hydrogens is 354 g/mol. The maximum atomic E-state index is 13.3. The van der Waals surface area contributed by atoms with Gasteiger partial charge in [-0.25, -0.2) is 4.79 Å². The molecule has 1 amide bonds. The molecule has 0 aliphatic heterocycles. The van der Waals surface area contributed by atoms with Gasteiger partial charge in [-0.05, 0) is 38.0 Å². The highest BCUT2D eigenvalue weighted by Gasteiger charge is 2.27. The van der Waals surface area contributed by atoms with E-state index >= 15 is 0 Å². The number of carbonyl (C=O) groups excluding carboxylic acids is 1. The lowest BCUT2D eigenvalue weighted by Gasteiger charge is -2.24. The van der Waals surface area contributed by atoms with Crippen molar-refractivity contribution in [1.82, 2.24) is 14.5 Å². The largest absolute Gasteiger partial charge is 0.352 e. The number of rotatable bonds is 6. The molecule has 0 aliphatic carbocycles. The number of carbonyl (C=O) groups is 1. The van der Waals surface area contributed by atoms with Gasteiger partial charge in [-0.15, -0.1) is 0 Å². The van der Waals surface area contributed by atoms with Crippen LogP contribution in [-0.4, -0.2) is 21.1 Å². The van der Waals surface area contributed by atoms with E-state index in [4.69, 9.17) is 0 Å². The van der Waals surface area contributed by atoms with Gasteiger partial charge in [0.25, 0.3) is 5.56 Å². The molecule has 1 aromatic heterocycles. The van der Waals surface area contributed by atoms with E-state index in [9.17, 15) is 14.4 Å². The second kappa shape index (κ2) is 8.25. The number of hydrogen-bond donors (Lipinski definition) is 1. The van der Waals surface area contributed by atoms with Crippen LogP contribution in [0.25, 0.3) is 10.9 Å². The topological polar surface area (TPSA) is 73.1 Å². The van der Waals surface area contributed by atoms with E-state index in [1.54, 1.807) is 31.2 Å². The van der Waals surface area contributed by atoms with Crippen molar-refractivity contribution in [2.24, 2.45) is 0 Å². The zero-order valence-corrected chi connectivity index (χ0v) is 16.4. The number of amides is 1. The number of fused-ring (bicyclic) bond motifs is 1. The summed E-state index contributed by atoms with van der Waals surface area (Å²) in [4.78, 5) is 39.2. The summed E-state index contributed by atoms with van der Waals surface area (Å²) < 4.78 is 2.61. The molecule has 3 rings (SSSR count). The van der Waals surface area contributed by atoms with Gasteiger partial charge in [-0.1, -0.05) is 49.4 Å². The third-order valence-electron chi connectivity index (χ3n) is 5.02. The van der Waals surface area contributed by atoms with Crippen LogP contribution in [0.5, 0.6) is 0 Å². The van der Waals surface area contributed by atoms with Crippen molar-refractivity contribution in [3.63, 3.8) is 0 Å². The zero-order chi connectivity index (χ0) is 20.3. The first-order chi connectivity index (χ1) is 13.5. The van der Waals surface area contributed by atoms with Crippen LogP contribution in [0, 0.1) is 0 Å². The third-order valence-corrected chi connectivity index (χ3v) is 5.02. The number of para-hydroxylation sites is 1. The molecule has 146 valence electrons. The van der Waals surface area contributed by atoms with E-state index in [1.165, 1.54) is 9.13 Å². The van der Waals surface area contributed by atoms with Crippen LogP contribution in [0.1, 0.15) is 38.8 Å². The summed E-state index contributed by atoms with van der Waals surface area (Å²) in [7, 11) is 0. The van der Waals surface area contributed by atoms with E-state index in [1.807, 2.05) is 44.2 Å². The third kappa shape index (κ3) is 3.50. The zero-order valence-electron chi connectivity index (χ0n) is 16.4. The molecule has 6 nitrogen and oxygen atoms in total. The molecule has 0 bridgehead atoms. The van der Waals surface area contributed by atoms with Gasteiger partial charge in [0.15, 0.2) is 0 Å². The van der Waals surface area contributed by atoms with E-state index in [0.717, 1.165) is 6.42 Å². The monoisotopic (exact) mass is 379 g/mol. The Hall–Kier alpha value is -3.15. The Bertz CT molecular complexity index is 1100. The summed E-state index contributed by atoms with van der Waals surface area (Å²) in [5.41, 5.74) is 0.320. The fourth-order valence-electron chi connectivity index (χ4n) is 3.34. The van der Waals surface area contributed by atoms with Gasteiger partial charge < -0.3 is 5.32 Å². The summed E-state index contributed by atoms with van der Waals surface area (Å²) >= 11 is 0. The fourth-order valence-corrected chi connectivity index (χ4v) is 3.34. The molecule has 2 atom stereocenters. The van der Waals surface area contributed by atoms with Crippen molar-refractivity contribution in [3.05, 3.63) is 81.0 Å². The van der Waals surface area contributed by atoms with Crippen molar-refractivity contribution >= 4 is 16.8 Å². The molecule has 1 heterocycles. The van der Waals surface area contributed by atoms with Gasteiger partial charge >= 0.3 is 5.69 Å². The van der Waals surface area contributed by atoms with E-state index in [2.05, 4.69) is 5.32 Å². The van der Waals surface area contributed by atoms with E-state index in [0.29, 0.717) is 16.5 Å². The highest BCUT2D eigenvalue weighted by Crippen LogP contribution is 2.21. The van der Waals surface area contributed by atoms with Crippen molar-refractivity contribution in [2.75, 3.05) is 0 Å². The molecule has 28 heavy (non-hydrogen) atoms. The summed E-state index contributed by atoms with van der Waals surface area (Å²) in [6, 6.07) is 15.2. The van der Waals surface area contributed by atoms with Gasteiger partial charge in [-0.2, -0.15) is 0 Å². The maximum absolute atomic E-state index is 13.3. The Morgan fingerprint density at radius 1 is 1.00 bits per heavy atom. The minimum atomic E-state index is -0.869. The number of benzene rings is 2. The second-order valence-corrected chi connectivity index (χ2v) is 6.85. The van der Waals surface area contributed by atoms with Crippen LogP contribution in [0.2, 0.25) is 0 Å². The van der Waals surface area contributed by atoms with Crippen molar-refractivity contribution < 1.29 is 4.79 Å². The lowest BCUT2D eigenvalue weighted by molar-refractivity contribution is -0.123. The SMILES string of the molecule is CC[C@@H](C)NC(=O)[C@H](c1ccccc1)n1c(=O)n(CC)c(=O)c2ccccc21. The first-order valence-corrected chi connectivity index (χ1v) is 9.59. The Morgan fingerprint density at radius 2 is 1.64 bits per heavy atom. The highest BCUT2D eigenvalue weighted by molar-refractivity contribution is 5.87. The Labute approximate surface area is 163 Å². The first-order valence-electron chi connectivity index (χ1n) is 9.59. The lowest BCUT2D eigenvalue weighted by atomic mass is 10.0. The molecule has 3 aromatic rings. The molecule has 0 saturated heterocycles. The van der Waals surface area contributed by atoms with Crippen LogP contribution < -0.4 is 16.6 Å². The predicted molar refractivity (Wildman–Crippen MR) is 111 cm³/mol. The van der Waals surface area contributed by atoms with Crippen LogP contribution >= 0.6 is 0 Å². The molecule has 1 N–H and O–H groups in total. The Kier molecular flexibility index (Phi) is 5.78. The molecule has 0 radical (unpaired) electrons. The van der Waals surface area contributed by atoms with E-state index < -0.39 is 11.7 Å². The summed E-state index contributed by atoms with van der Waals surface area (Å²) in [6.45, 7) is 5.89. The molecule has 0 spiro atoms. The molecule has 2 aromatic carbocycles. The number of nitrogens with zero attached hydrogens (tertiary/aromatic N) is 2. The Morgan fingerprint density at radius 3 is 2.29 bits per heavy atom. The lowest BCUT2D eigenvalue weighted by Crippen LogP contribution is -2.46. The summed E-state index contributed by atoms with van der Waals surface area (Å²) in [6.07, 6.45) is 0.775. The fraction of sp³-hybridized carbons (Fsp3) is 0.318. The molecule has 0 unspecified atom stereocenters. The molecule has 6 heteroatoms. The quantitative estimate of drug-likeness (QED) is 0.716. The first kappa shape index (κ1) is 19.6. The average molecular weight is 379 g/mol. The number of aromatic nitrogens is 2. The number of nitrogens with one attached hydrogen (secondary N) is 1. The van der Waals surface area contributed by atoms with Crippen molar-refractivity contribution in [3.8, 4) is 0 Å². The minimum Gasteiger partial charge on any atom is -0.352 e. The van der Waals surface area contributed by atoms with Gasteiger partial charge in [0.1, 0.15) is 6.04 Å². The summed E-state index contributed by atoms with van der Waals surface area (Å²) in [5.74, 6) is -0.269. The van der Waals surface area contributed by atoms with Crippen LogP contribution in [0.4, 0.5) is 0 Å². The van der Waals surface area contributed by atoms with E-state index in [-0.39, 0.29) is 24.1 Å². The normalized spacial score (nSPS) is 13.2. The summed E-state index contributed by atoms with van der Waals surface area (Å²) in [5, 5.41) is 3.40. The number of hydrogen-bond acceptors (Lipinski definition) is 3. The highest BCUT2D eigenvalue weighted by atomic mass is 16.2. The van der Waals surface area contributed by atoms with Crippen LogP contribution in [0.3, 0.4) is 0 Å². The van der Waals surface area contributed by atoms with Crippen LogP contribution in [-0.2, 0) is 11.3 Å². The molecule has 0 saturated carbocycles. The van der Waals surface area contributed by atoms with Crippen molar-refractivity contribution in [1.29, 1.82) is 0 Å².